The Morgan fingerprint density at radius 2 is 1.87 bits per heavy atom. The Balaban J connectivity index is 1.64. The van der Waals surface area contributed by atoms with Gasteiger partial charge in [0.2, 0.25) is 0 Å². The van der Waals surface area contributed by atoms with Crippen molar-refractivity contribution < 1.29 is 9.53 Å². The van der Waals surface area contributed by atoms with E-state index in [1.807, 2.05) is 30.3 Å². The van der Waals surface area contributed by atoms with Crippen LogP contribution in [0.1, 0.15) is 36.3 Å². The molecule has 4 heteroatoms. The number of hydrogen-bond donors (Lipinski definition) is 0. The number of ether oxygens (including phenoxy) is 1. The number of halogens is 2. The van der Waals surface area contributed by atoms with Crippen molar-refractivity contribution in [3.63, 3.8) is 0 Å². The predicted octanol–water partition coefficient (Wildman–Crippen LogP) is 5.42. The van der Waals surface area contributed by atoms with Crippen molar-refractivity contribution in [2.45, 2.75) is 37.7 Å². The number of aryl methyl sites for hydroxylation is 1. The molecule has 0 aliphatic carbocycles. The lowest BCUT2D eigenvalue weighted by Gasteiger charge is -2.29. The zero-order chi connectivity index (χ0) is 16.2. The summed E-state index contributed by atoms with van der Waals surface area (Å²) in [4.78, 5) is 11.9. The lowest BCUT2D eigenvalue weighted by molar-refractivity contribution is -0.155. The minimum atomic E-state index is -0.114. The van der Waals surface area contributed by atoms with Crippen molar-refractivity contribution in [2.75, 3.05) is 0 Å². The van der Waals surface area contributed by atoms with Crippen LogP contribution in [-0.2, 0) is 16.0 Å². The predicted molar refractivity (Wildman–Crippen MR) is 93.1 cm³/mol. The molecule has 0 aromatic heterocycles. The summed E-state index contributed by atoms with van der Waals surface area (Å²) < 4.78 is 5.52. The van der Waals surface area contributed by atoms with Crippen LogP contribution in [0.25, 0.3) is 0 Å². The van der Waals surface area contributed by atoms with E-state index >= 15 is 0 Å². The van der Waals surface area contributed by atoms with Crippen LogP contribution < -0.4 is 0 Å². The third-order valence-electron chi connectivity index (χ3n) is 4.28. The molecule has 0 radical (unpaired) electrons. The summed E-state index contributed by atoms with van der Waals surface area (Å²) in [7, 11) is 0. The van der Waals surface area contributed by atoms with Gasteiger partial charge in [-0.15, -0.1) is 0 Å². The number of cyclic esters (lactones) is 1. The van der Waals surface area contributed by atoms with Gasteiger partial charge in [0, 0.05) is 10.0 Å². The maximum absolute atomic E-state index is 11.9. The highest BCUT2D eigenvalue weighted by atomic mass is 35.5. The maximum atomic E-state index is 11.9. The van der Waals surface area contributed by atoms with Crippen LogP contribution in [0.15, 0.2) is 48.5 Å². The van der Waals surface area contributed by atoms with Gasteiger partial charge in [0.05, 0.1) is 6.42 Å². The molecule has 1 saturated heterocycles. The summed E-state index contributed by atoms with van der Waals surface area (Å²) >= 11 is 12.1. The maximum Gasteiger partial charge on any atom is 0.306 e. The lowest BCUT2D eigenvalue weighted by atomic mass is 9.86. The van der Waals surface area contributed by atoms with Crippen LogP contribution >= 0.6 is 23.2 Å². The third kappa shape index (κ3) is 4.27. The van der Waals surface area contributed by atoms with Crippen LogP contribution in [0.4, 0.5) is 0 Å². The number of carbonyl (C=O) groups excluding carboxylic acids is 1. The third-order valence-corrected chi connectivity index (χ3v) is 4.87. The van der Waals surface area contributed by atoms with Gasteiger partial charge in [0.15, 0.2) is 0 Å². The number of hydrogen-bond acceptors (Lipinski definition) is 2. The second kappa shape index (κ2) is 7.37. The molecule has 23 heavy (non-hydrogen) atoms. The summed E-state index contributed by atoms with van der Waals surface area (Å²) in [5, 5.41) is 1.30. The Morgan fingerprint density at radius 3 is 2.61 bits per heavy atom. The average Bonchev–Trinajstić information content (AvgIpc) is 2.54. The Labute approximate surface area is 146 Å². The molecule has 1 fully saturated rings. The van der Waals surface area contributed by atoms with Crippen molar-refractivity contribution in [2.24, 2.45) is 0 Å². The van der Waals surface area contributed by atoms with E-state index < -0.39 is 0 Å². The highest BCUT2D eigenvalue weighted by molar-refractivity contribution is 6.35. The second-order valence-corrected chi connectivity index (χ2v) is 6.78. The smallest absolute Gasteiger partial charge is 0.306 e. The van der Waals surface area contributed by atoms with Crippen LogP contribution in [0.5, 0.6) is 0 Å². The van der Waals surface area contributed by atoms with Crippen molar-refractivity contribution >= 4 is 29.2 Å². The van der Waals surface area contributed by atoms with Crippen LogP contribution in [0.3, 0.4) is 0 Å². The molecule has 1 aliphatic heterocycles. The molecular formula is C19H18Cl2O2. The first kappa shape index (κ1) is 16.4. The fourth-order valence-electron chi connectivity index (χ4n) is 3.08. The Kier molecular flexibility index (Phi) is 5.24. The molecule has 0 saturated carbocycles. The minimum Gasteiger partial charge on any atom is -0.462 e. The van der Waals surface area contributed by atoms with Gasteiger partial charge < -0.3 is 4.74 Å². The van der Waals surface area contributed by atoms with Crippen molar-refractivity contribution in [1.82, 2.24) is 0 Å². The van der Waals surface area contributed by atoms with E-state index in [0.29, 0.717) is 16.5 Å². The van der Waals surface area contributed by atoms with E-state index in [2.05, 4.69) is 12.1 Å². The van der Waals surface area contributed by atoms with Gasteiger partial charge in [-0.25, -0.2) is 0 Å². The lowest BCUT2D eigenvalue weighted by Crippen LogP contribution is -2.29. The molecule has 2 unspecified atom stereocenters. The average molecular weight is 349 g/mol. The van der Waals surface area contributed by atoms with E-state index in [1.165, 1.54) is 5.56 Å². The Bertz CT molecular complexity index is 685. The second-order valence-electron chi connectivity index (χ2n) is 5.93. The largest absolute Gasteiger partial charge is 0.462 e. The summed E-state index contributed by atoms with van der Waals surface area (Å²) in [5.41, 5.74) is 2.24. The molecule has 120 valence electrons. The summed E-state index contributed by atoms with van der Waals surface area (Å²) in [6, 6.07) is 15.7. The normalized spacial score (nSPS) is 21.0. The van der Waals surface area contributed by atoms with Crippen molar-refractivity contribution in [3.8, 4) is 0 Å². The molecule has 0 amide bonds. The molecule has 2 aromatic rings. The topological polar surface area (TPSA) is 26.3 Å². The first-order valence-electron chi connectivity index (χ1n) is 7.80. The first-order chi connectivity index (χ1) is 11.1. The van der Waals surface area contributed by atoms with Crippen molar-refractivity contribution in [1.29, 1.82) is 0 Å². The molecule has 2 atom stereocenters. The van der Waals surface area contributed by atoms with E-state index in [9.17, 15) is 4.79 Å². The standard InChI is InChI=1S/C19H18Cl2O2/c20-16-8-6-14(18(21)12-16)7-9-17-10-15(11-19(22)23-17)13-4-2-1-3-5-13/h1-6,8,12,15,17H,7,9-11H2. The van der Waals surface area contributed by atoms with E-state index in [-0.39, 0.29) is 18.0 Å². The zero-order valence-corrected chi connectivity index (χ0v) is 14.2. The summed E-state index contributed by atoms with van der Waals surface area (Å²) in [5.74, 6) is 0.125. The van der Waals surface area contributed by atoms with Gasteiger partial charge in [-0.05, 0) is 48.4 Å². The minimum absolute atomic E-state index is 0.0619. The molecule has 1 heterocycles. The van der Waals surface area contributed by atoms with Gasteiger partial charge in [-0.2, -0.15) is 0 Å². The Hall–Kier alpha value is -1.51. The van der Waals surface area contributed by atoms with Crippen LogP contribution in [0, 0.1) is 0 Å². The van der Waals surface area contributed by atoms with Gasteiger partial charge in [0.25, 0.3) is 0 Å². The fraction of sp³-hybridized carbons (Fsp3) is 0.316. The SMILES string of the molecule is O=C1CC(c2ccccc2)CC(CCc2ccc(Cl)cc2Cl)O1. The highest BCUT2D eigenvalue weighted by Crippen LogP contribution is 2.33. The molecule has 1 aliphatic rings. The number of benzene rings is 2. The van der Waals surface area contributed by atoms with Gasteiger partial charge in [-0.1, -0.05) is 59.6 Å². The number of esters is 1. The molecule has 2 nitrogen and oxygen atoms in total. The van der Waals surface area contributed by atoms with E-state index in [0.717, 1.165) is 24.8 Å². The number of rotatable bonds is 4. The molecule has 0 spiro atoms. The van der Waals surface area contributed by atoms with Crippen molar-refractivity contribution in [3.05, 3.63) is 69.7 Å². The summed E-state index contributed by atoms with van der Waals surface area (Å²) in [6.45, 7) is 0. The molecule has 0 N–H and O–H groups in total. The Morgan fingerprint density at radius 1 is 1.09 bits per heavy atom. The molecular weight excluding hydrogens is 331 g/mol. The first-order valence-corrected chi connectivity index (χ1v) is 8.56. The van der Waals surface area contributed by atoms with Crippen LogP contribution in [-0.4, -0.2) is 12.1 Å². The van der Waals surface area contributed by atoms with Gasteiger partial charge in [0.1, 0.15) is 6.10 Å². The number of carbonyl (C=O) groups is 1. The highest BCUT2D eigenvalue weighted by Gasteiger charge is 2.29. The summed E-state index contributed by atoms with van der Waals surface area (Å²) in [6.07, 6.45) is 2.81. The molecule has 3 rings (SSSR count). The van der Waals surface area contributed by atoms with E-state index in [1.54, 1.807) is 6.07 Å². The van der Waals surface area contributed by atoms with E-state index in [4.69, 9.17) is 27.9 Å². The monoisotopic (exact) mass is 348 g/mol. The zero-order valence-electron chi connectivity index (χ0n) is 12.7. The molecule has 2 aromatic carbocycles. The van der Waals surface area contributed by atoms with Gasteiger partial charge >= 0.3 is 5.97 Å². The van der Waals surface area contributed by atoms with Gasteiger partial charge in [-0.3, -0.25) is 4.79 Å². The molecule has 0 bridgehead atoms. The fourth-order valence-corrected chi connectivity index (χ4v) is 3.58. The quantitative estimate of drug-likeness (QED) is 0.690. The van der Waals surface area contributed by atoms with Crippen LogP contribution in [0.2, 0.25) is 10.0 Å².